The van der Waals surface area contributed by atoms with Crippen molar-refractivity contribution in [3.05, 3.63) is 101 Å². The van der Waals surface area contributed by atoms with E-state index in [1.54, 1.807) is 24.3 Å². The average Bonchev–Trinajstić information content (AvgIpc) is 3.29. The second kappa shape index (κ2) is 8.36. The Morgan fingerprint density at radius 3 is 2.60 bits per heavy atom. The van der Waals surface area contributed by atoms with Gasteiger partial charge in [-0.3, -0.25) is 14.6 Å². The van der Waals surface area contributed by atoms with Crippen molar-refractivity contribution in [2.75, 3.05) is 18.6 Å². The second-order valence-corrected chi connectivity index (χ2v) is 8.56. The third-order valence-electron chi connectivity index (χ3n) is 6.46. The van der Waals surface area contributed by atoms with E-state index in [0.717, 1.165) is 33.2 Å². The van der Waals surface area contributed by atoms with Crippen LogP contribution in [0.2, 0.25) is 0 Å². The summed E-state index contributed by atoms with van der Waals surface area (Å²) >= 11 is 0. The minimum Gasteiger partial charge on any atom is -0.497 e. The summed E-state index contributed by atoms with van der Waals surface area (Å²) in [6, 6.07) is 23.0. The van der Waals surface area contributed by atoms with E-state index >= 15 is 0 Å². The maximum Gasteiger partial charge on any atom is 0.272 e. The number of nitrogens with one attached hydrogen (secondary N) is 1. The number of fused-ring (bicyclic) bond motifs is 1. The van der Waals surface area contributed by atoms with Crippen LogP contribution in [0.3, 0.4) is 0 Å². The monoisotopic (exact) mass is 462 g/mol. The number of pyridine rings is 1. The summed E-state index contributed by atoms with van der Waals surface area (Å²) < 4.78 is 5.54. The van der Waals surface area contributed by atoms with E-state index in [0.29, 0.717) is 24.4 Å². The first-order chi connectivity index (χ1) is 17.1. The van der Waals surface area contributed by atoms with Gasteiger partial charge < -0.3 is 15.0 Å². The lowest BCUT2D eigenvalue weighted by atomic mass is 9.97. The van der Waals surface area contributed by atoms with E-state index in [-0.39, 0.29) is 11.6 Å². The highest BCUT2D eigenvalue weighted by Gasteiger charge is 2.37. The zero-order chi connectivity index (χ0) is 23.9. The summed E-state index contributed by atoms with van der Waals surface area (Å²) in [6.45, 7) is 0.520. The van der Waals surface area contributed by atoms with Crippen molar-refractivity contribution in [3.63, 3.8) is 0 Å². The number of hydrogen-bond acceptors (Lipinski definition) is 5. The van der Waals surface area contributed by atoms with E-state index in [1.807, 2.05) is 66.7 Å². The Morgan fingerprint density at radius 1 is 1.03 bits per heavy atom. The van der Waals surface area contributed by atoms with Crippen LogP contribution in [0, 0.1) is 0 Å². The summed E-state index contributed by atoms with van der Waals surface area (Å²) in [5, 5.41) is 4.67. The molecule has 0 saturated carbocycles. The molecule has 2 amide bonds. The number of aromatic nitrogens is 1. The maximum atomic E-state index is 13.6. The number of methoxy groups -OCH3 is 1. The van der Waals surface area contributed by atoms with Crippen LogP contribution in [0.15, 0.2) is 84.0 Å². The lowest BCUT2D eigenvalue weighted by molar-refractivity contribution is -0.120. The van der Waals surface area contributed by atoms with Gasteiger partial charge in [-0.05, 0) is 35.6 Å². The van der Waals surface area contributed by atoms with Gasteiger partial charge in [0.15, 0.2) is 0 Å². The topological polar surface area (TPSA) is 83.9 Å². The Labute approximate surface area is 202 Å². The van der Waals surface area contributed by atoms with Crippen LogP contribution in [-0.2, 0) is 11.2 Å². The Bertz CT molecular complexity index is 1510. The number of carbonyl (C=O) groups is 2. The highest BCUT2D eigenvalue weighted by Crippen LogP contribution is 2.39. The number of benzene rings is 3. The van der Waals surface area contributed by atoms with Gasteiger partial charge >= 0.3 is 0 Å². The number of ether oxygens (including phenoxy) is 1. The highest BCUT2D eigenvalue weighted by atomic mass is 16.5. The van der Waals surface area contributed by atoms with Gasteiger partial charge in [0, 0.05) is 29.3 Å². The smallest absolute Gasteiger partial charge is 0.272 e. The van der Waals surface area contributed by atoms with Crippen molar-refractivity contribution >= 4 is 34.0 Å². The zero-order valence-electron chi connectivity index (χ0n) is 19.1. The summed E-state index contributed by atoms with van der Waals surface area (Å²) in [6.07, 6.45) is 1.28. The standard InChI is InChI=1S/C28H22N4O3/c1-35-21-13-19-11-12-32-25(19)22(15-21)24(17-7-3-2-4-8-17)30-26(28(32)34)31-27(33)23-14-18-9-5-6-10-20(18)16-29-23/h2-10,13-16,26H,11-12H2,1H3,(H,31,33). The van der Waals surface area contributed by atoms with Gasteiger partial charge in [-0.15, -0.1) is 0 Å². The van der Waals surface area contributed by atoms with E-state index in [4.69, 9.17) is 9.73 Å². The molecule has 4 aromatic rings. The molecular formula is C28H22N4O3. The van der Waals surface area contributed by atoms with Gasteiger partial charge in [0.25, 0.3) is 11.8 Å². The van der Waals surface area contributed by atoms with Crippen molar-refractivity contribution < 1.29 is 14.3 Å². The molecule has 172 valence electrons. The van der Waals surface area contributed by atoms with Crippen molar-refractivity contribution in [2.24, 2.45) is 4.99 Å². The van der Waals surface area contributed by atoms with Crippen molar-refractivity contribution in [2.45, 2.75) is 12.6 Å². The zero-order valence-corrected chi connectivity index (χ0v) is 19.1. The molecule has 0 fully saturated rings. The average molecular weight is 463 g/mol. The van der Waals surface area contributed by atoms with Crippen LogP contribution in [0.5, 0.6) is 5.75 Å². The van der Waals surface area contributed by atoms with Gasteiger partial charge in [-0.1, -0.05) is 54.6 Å². The van der Waals surface area contributed by atoms with Gasteiger partial charge in [0.2, 0.25) is 6.17 Å². The molecular weight excluding hydrogens is 440 g/mol. The quantitative estimate of drug-likeness (QED) is 0.501. The van der Waals surface area contributed by atoms with Crippen LogP contribution < -0.4 is 15.0 Å². The van der Waals surface area contributed by atoms with Crippen LogP contribution in [0.25, 0.3) is 10.8 Å². The first kappa shape index (κ1) is 21.0. The molecule has 0 bridgehead atoms. The predicted octanol–water partition coefficient (Wildman–Crippen LogP) is 3.74. The number of carbonyl (C=O) groups excluding carboxylic acids is 2. The van der Waals surface area contributed by atoms with E-state index in [1.165, 1.54) is 0 Å². The molecule has 0 aliphatic carbocycles. The van der Waals surface area contributed by atoms with Crippen molar-refractivity contribution in [3.8, 4) is 5.75 Å². The minimum absolute atomic E-state index is 0.235. The molecule has 6 rings (SSSR count). The third-order valence-corrected chi connectivity index (χ3v) is 6.46. The Balaban J connectivity index is 1.44. The molecule has 0 spiro atoms. The van der Waals surface area contributed by atoms with Crippen LogP contribution in [0.4, 0.5) is 5.69 Å². The van der Waals surface area contributed by atoms with Crippen LogP contribution in [-0.4, -0.2) is 42.3 Å². The molecule has 3 heterocycles. The number of anilines is 1. The number of rotatable bonds is 4. The molecule has 1 aromatic heterocycles. The number of hydrogen-bond donors (Lipinski definition) is 1. The predicted molar refractivity (Wildman–Crippen MR) is 134 cm³/mol. The van der Waals surface area contributed by atoms with Crippen LogP contribution in [0.1, 0.15) is 27.2 Å². The molecule has 1 unspecified atom stereocenters. The summed E-state index contributed by atoms with van der Waals surface area (Å²) in [5.74, 6) is -0.0111. The van der Waals surface area contributed by atoms with E-state index in [9.17, 15) is 9.59 Å². The summed E-state index contributed by atoms with van der Waals surface area (Å²) in [7, 11) is 1.63. The summed E-state index contributed by atoms with van der Waals surface area (Å²) in [5.41, 5.74) is 4.40. The molecule has 0 saturated heterocycles. The van der Waals surface area contributed by atoms with Gasteiger partial charge in [-0.25, -0.2) is 4.99 Å². The molecule has 1 atom stereocenters. The van der Waals surface area contributed by atoms with Gasteiger partial charge in [-0.2, -0.15) is 0 Å². The molecule has 3 aromatic carbocycles. The Kier molecular flexibility index (Phi) is 5.03. The first-order valence-corrected chi connectivity index (χ1v) is 11.4. The van der Waals surface area contributed by atoms with Crippen molar-refractivity contribution in [1.82, 2.24) is 10.3 Å². The largest absolute Gasteiger partial charge is 0.497 e. The lowest BCUT2D eigenvalue weighted by Crippen LogP contribution is -2.47. The molecule has 1 N–H and O–H groups in total. The van der Waals surface area contributed by atoms with E-state index in [2.05, 4.69) is 10.3 Å². The second-order valence-electron chi connectivity index (χ2n) is 8.56. The molecule has 0 radical (unpaired) electrons. The minimum atomic E-state index is -1.09. The fraction of sp³-hybridized carbons (Fsp3) is 0.143. The highest BCUT2D eigenvalue weighted by molar-refractivity contribution is 6.21. The number of nitrogens with zero attached hydrogens (tertiary/aromatic N) is 3. The SMILES string of the molecule is COc1cc2c3c(c1)C(c1ccccc1)=NC(NC(=O)c1cc4ccccc4cn1)C(=O)N3CC2. The fourth-order valence-electron chi connectivity index (χ4n) is 4.76. The van der Waals surface area contributed by atoms with Gasteiger partial charge in [0.1, 0.15) is 11.4 Å². The summed E-state index contributed by atoms with van der Waals surface area (Å²) in [4.78, 5) is 37.7. The maximum absolute atomic E-state index is 13.6. The van der Waals surface area contributed by atoms with E-state index < -0.39 is 12.1 Å². The Hall–Kier alpha value is -4.52. The Morgan fingerprint density at radius 2 is 1.80 bits per heavy atom. The van der Waals surface area contributed by atoms with Gasteiger partial charge in [0.05, 0.1) is 18.5 Å². The molecule has 2 aliphatic heterocycles. The van der Waals surface area contributed by atoms with Crippen molar-refractivity contribution in [1.29, 1.82) is 0 Å². The lowest BCUT2D eigenvalue weighted by Gasteiger charge is -2.21. The normalized spacial score (nSPS) is 16.5. The number of amides is 2. The molecule has 35 heavy (non-hydrogen) atoms. The fourth-order valence-corrected chi connectivity index (χ4v) is 4.76. The first-order valence-electron chi connectivity index (χ1n) is 11.4. The molecule has 7 nitrogen and oxygen atoms in total. The van der Waals surface area contributed by atoms with Crippen LogP contribution >= 0.6 is 0 Å². The molecule has 7 heteroatoms. The molecule has 2 aliphatic rings. The number of aliphatic imine (C=N–C) groups is 1. The third kappa shape index (κ3) is 3.61.